The van der Waals surface area contributed by atoms with E-state index in [1.165, 1.54) is 13.2 Å². The molecule has 0 amide bonds. The van der Waals surface area contributed by atoms with Crippen molar-refractivity contribution in [3.05, 3.63) is 80.5 Å². The normalized spacial score (nSPS) is 15.9. The van der Waals surface area contributed by atoms with Crippen LogP contribution in [-0.4, -0.2) is 13.1 Å². The van der Waals surface area contributed by atoms with Crippen LogP contribution in [0.3, 0.4) is 0 Å². The molecule has 144 valence electrons. The van der Waals surface area contributed by atoms with Gasteiger partial charge in [0, 0.05) is 17.4 Å². The van der Waals surface area contributed by atoms with Crippen molar-refractivity contribution in [3.8, 4) is 11.5 Å². The van der Waals surface area contributed by atoms with E-state index in [1.54, 1.807) is 42.5 Å². The van der Waals surface area contributed by atoms with Crippen molar-refractivity contribution in [1.29, 1.82) is 0 Å². The smallest absolute Gasteiger partial charge is 0.343 e. The summed E-state index contributed by atoms with van der Waals surface area (Å²) in [5.74, 6) is -0.493. The Hall–Kier alpha value is -3.87. The molecule has 0 saturated carbocycles. The number of ether oxygens (including phenoxy) is 2. The second-order valence-electron chi connectivity index (χ2n) is 6.74. The fourth-order valence-electron chi connectivity index (χ4n) is 3.82. The van der Waals surface area contributed by atoms with Gasteiger partial charge in [-0.1, -0.05) is 12.1 Å². The molecule has 0 spiro atoms. The quantitative estimate of drug-likeness (QED) is 0.382. The Morgan fingerprint density at radius 1 is 0.931 bits per heavy atom. The minimum absolute atomic E-state index is 0.105. The number of para-hydroxylation sites is 1. The van der Waals surface area contributed by atoms with Gasteiger partial charge in [-0.15, -0.1) is 0 Å². The Morgan fingerprint density at radius 3 is 2.55 bits per heavy atom. The van der Waals surface area contributed by atoms with Gasteiger partial charge in [0.05, 0.1) is 24.5 Å². The van der Waals surface area contributed by atoms with Crippen molar-refractivity contribution in [2.24, 2.45) is 0 Å². The third kappa shape index (κ3) is 2.70. The Kier molecular flexibility index (Phi) is 3.77. The van der Waals surface area contributed by atoms with Crippen molar-refractivity contribution < 1.29 is 23.1 Å². The van der Waals surface area contributed by atoms with Gasteiger partial charge < -0.3 is 18.3 Å². The third-order valence-corrected chi connectivity index (χ3v) is 5.09. The molecule has 29 heavy (non-hydrogen) atoms. The van der Waals surface area contributed by atoms with Gasteiger partial charge in [0.25, 0.3) is 0 Å². The SMILES string of the molecule is COc1ccc2oc(=O)cc(C3CC(=O)Oc4c3c(=O)oc3ccccc43)c2c1. The average Bonchev–Trinajstić information content (AvgIpc) is 2.72. The van der Waals surface area contributed by atoms with Crippen LogP contribution >= 0.6 is 0 Å². The number of fused-ring (bicyclic) bond motifs is 4. The molecule has 2 aromatic heterocycles. The van der Waals surface area contributed by atoms with Gasteiger partial charge in [-0.25, -0.2) is 9.59 Å². The van der Waals surface area contributed by atoms with Crippen molar-refractivity contribution in [3.63, 3.8) is 0 Å². The molecule has 1 aliphatic heterocycles. The zero-order chi connectivity index (χ0) is 20.1. The van der Waals surface area contributed by atoms with Crippen LogP contribution in [-0.2, 0) is 4.79 Å². The Bertz CT molecular complexity index is 1410. The summed E-state index contributed by atoms with van der Waals surface area (Å²) in [6, 6.07) is 13.1. The lowest BCUT2D eigenvalue weighted by Crippen LogP contribution is -2.27. The average molecular weight is 390 g/mol. The maximum atomic E-state index is 12.8. The number of hydrogen-bond acceptors (Lipinski definition) is 7. The predicted octanol–water partition coefficient (Wildman–Crippen LogP) is 3.35. The number of carbonyl (C=O) groups is 1. The lowest BCUT2D eigenvalue weighted by atomic mass is 9.85. The topological polar surface area (TPSA) is 96.0 Å². The van der Waals surface area contributed by atoms with Crippen LogP contribution in [0.5, 0.6) is 11.5 Å². The molecule has 0 radical (unpaired) electrons. The standard InChI is InChI=1S/C22H14O7/c1-26-11-6-7-17-14(8-11)13(9-18(23)27-17)15-10-19(24)29-21-12-4-2-3-5-16(12)28-22(25)20(15)21/h2-9,15H,10H2,1H3. The second kappa shape index (κ2) is 6.34. The van der Waals surface area contributed by atoms with E-state index in [0.717, 1.165) is 0 Å². The monoisotopic (exact) mass is 390 g/mol. The first-order valence-corrected chi connectivity index (χ1v) is 8.93. The summed E-state index contributed by atoms with van der Waals surface area (Å²) < 4.78 is 21.5. The van der Waals surface area contributed by atoms with E-state index in [-0.39, 0.29) is 17.7 Å². The minimum atomic E-state index is -0.717. The molecule has 5 rings (SSSR count). The van der Waals surface area contributed by atoms with Gasteiger partial charge in [-0.3, -0.25) is 4.79 Å². The number of benzene rings is 2. The highest BCUT2D eigenvalue weighted by atomic mass is 16.5. The minimum Gasteiger partial charge on any atom is -0.497 e. The Labute approximate surface area is 163 Å². The van der Waals surface area contributed by atoms with Gasteiger partial charge in [-0.2, -0.15) is 0 Å². The largest absolute Gasteiger partial charge is 0.497 e. The molecule has 2 aromatic carbocycles. The van der Waals surface area contributed by atoms with E-state index in [2.05, 4.69) is 0 Å². The predicted molar refractivity (Wildman–Crippen MR) is 104 cm³/mol. The first-order valence-electron chi connectivity index (χ1n) is 8.93. The van der Waals surface area contributed by atoms with Gasteiger partial charge in [0.2, 0.25) is 0 Å². The van der Waals surface area contributed by atoms with E-state index in [9.17, 15) is 14.4 Å². The van der Waals surface area contributed by atoms with Crippen molar-refractivity contribution >= 4 is 27.9 Å². The van der Waals surface area contributed by atoms with Crippen molar-refractivity contribution in [1.82, 2.24) is 0 Å². The molecule has 4 aromatic rings. The maximum absolute atomic E-state index is 12.8. The number of esters is 1. The number of rotatable bonds is 2. The van der Waals surface area contributed by atoms with E-state index < -0.39 is 23.1 Å². The van der Waals surface area contributed by atoms with Crippen LogP contribution in [0.15, 0.2) is 67.0 Å². The summed E-state index contributed by atoms with van der Waals surface area (Å²) >= 11 is 0. The third-order valence-electron chi connectivity index (χ3n) is 5.09. The summed E-state index contributed by atoms with van der Waals surface area (Å²) in [7, 11) is 1.52. The Balaban J connectivity index is 1.86. The second-order valence-corrected chi connectivity index (χ2v) is 6.74. The molecule has 3 heterocycles. The van der Waals surface area contributed by atoms with Crippen LogP contribution < -0.4 is 20.7 Å². The summed E-state index contributed by atoms with van der Waals surface area (Å²) in [6.07, 6.45) is -0.105. The number of carbonyl (C=O) groups excluding carboxylic acids is 1. The van der Waals surface area contributed by atoms with Gasteiger partial charge in [0.15, 0.2) is 5.75 Å². The molecule has 1 unspecified atom stereocenters. The van der Waals surface area contributed by atoms with Crippen LogP contribution in [0.1, 0.15) is 23.5 Å². The van der Waals surface area contributed by atoms with Crippen LogP contribution in [0, 0.1) is 0 Å². The lowest BCUT2D eigenvalue weighted by molar-refractivity contribution is -0.135. The van der Waals surface area contributed by atoms with Gasteiger partial charge in [-0.05, 0) is 35.9 Å². The highest BCUT2D eigenvalue weighted by molar-refractivity contribution is 5.91. The molecule has 0 aliphatic carbocycles. The molecule has 0 saturated heterocycles. The van der Waals surface area contributed by atoms with E-state index in [4.69, 9.17) is 18.3 Å². The van der Waals surface area contributed by atoms with E-state index in [0.29, 0.717) is 33.3 Å². The molecule has 1 aliphatic rings. The first-order chi connectivity index (χ1) is 14.0. The molecular formula is C22H14O7. The molecule has 7 heteroatoms. The molecule has 1 atom stereocenters. The van der Waals surface area contributed by atoms with Crippen LogP contribution in [0.25, 0.3) is 21.9 Å². The molecule has 0 N–H and O–H groups in total. The molecular weight excluding hydrogens is 376 g/mol. The van der Waals surface area contributed by atoms with Crippen LogP contribution in [0.2, 0.25) is 0 Å². The van der Waals surface area contributed by atoms with Crippen LogP contribution in [0.4, 0.5) is 0 Å². The summed E-state index contributed by atoms with van der Waals surface area (Å²) in [4.78, 5) is 37.4. The summed E-state index contributed by atoms with van der Waals surface area (Å²) in [5.41, 5.74) is 0.153. The lowest BCUT2D eigenvalue weighted by Gasteiger charge is -2.25. The zero-order valence-corrected chi connectivity index (χ0v) is 15.3. The zero-order valence-electron chi connectivity index (χ0n) is 15.3. The Morgan fingerprint density at radius 2 is 1.72 bits per heavy atom. The fraction of sp³-hybridized carbons (Fsp3) is 0.136. The van der Waals surface area contributed by atoms with Crippen molar-refractivity contribution in [2.45, 2.75) is 12.3 Å². The maximum Gasteiger partial charge on any atom is 0.343 e. The summed E-state index contributed by atoms with van der Waals surface area (Å²) in [5, 5.41) is 1.09. The fourth-order valence-corrected chi connectivity index (χ4v) is 3.82. The van der Waals surface area contributed by atoms with E-state index >= 15 is 0 Å². The molecule has 0 bridgehead atoms. The molecule has 7 nitrogen and oxygen atoms in total. The van der Waals surface area contributed by atoms with Gasteiger partial charge in [0.1, 0.15) is 16.9 Å². The number of methoxy groups -OCH3 is 1. The summed E-state index contributed by atoms with van der Waals surface area (Å²) in [6.45, 7) is 0. The van der Waals surface area contributed by atoms with Crippen molar-refractivity contribution in [2.75, 3.05) is 7.11 Å². The van der Waals surface area contributed by atoms with E-state index in [1.807, 2.05) is 0 Å². The highest BCUT2D eigenvalue weighted by Gasteiger charge is 2.35. The van der Waals surface area contributed by atoms with Gasteiger partial charge >= 0.3 is 17.2 Å². The first kappa shape index (κ1) is 17.2. The number of hydrogen-bond donors (Lipinski definition) is 0. The molecule has 0 fully saturated rings. The highest BCUT2D eigenvalue weighted by Crippen LogP contribution is 2.42.